The van der Waals surface area contributed by atoms with E-state index < -0.39 is 0 Å². The number of nitrogens with zero attached hydrogens (tertiary/aromatic N) is 4. The molecule has 0 radical (unpaired) electrons. The summed E-state index contributed by atoms with van der Waals surface area (Å²) >= 11 is 1.79. The minimum Gasteiger partial charge on any atom is -0.496 e. The van der Waals surface area contributed by atoms with Crippen molar-refractivity contribution in [3.05, 3.63) is 64.9 Å². The van der Waals surface area contributed by atoms with Gasteiger partial charge in [0.1, 0.15) is 22.9 Å². The maximum atomic E-state index is 13.1. The lowest BCUT2D eigenvalue weighted by atomic mass is 9.78. The maximum Gasteiger partial charge on any atom is 0.242 e. The number of rotatable bonds is 5. The van der Waals surface area contributed by atoms with Crippen molar-refractivity contribution in [2.45, 2.75) is 77.7 Å². The van der Waals surface area contributed by atoms with Crippen LogP contribution >= 0.6 is 11.3 Å². The molecule has 39 heavy (non-hydrogen) atoms. The Bertz CT molecular complexity index is 1440. The molecule has 0 unspecified atom stereocenters. The largest absolute Gasteiger partial charge is 0.496 e. The van der Waals surface area contributed by atoms with Gasteiger partial charge in [-0.1, -0.05) is 41.5 Å². The SMILES string of the molecule is COc1c(C(C)(C)C)cc(-c2ncc(C3CCN(C(=O)Cn4ccc5cccnc54)CC3)s2)cc1C(C)(C)C. The fourth-order valence-electron chi connectivity index (χ4n) is 5.50. The summed E-state index contributed by atoms with van der Waals surface area (Å²) in [6.07, 6.45) is 7.70. The van der Waals surface area contributed by atoms with Crippen LogP contribution in [-0.4, -0.2) is 45.5 Å². The van der Waals surface area contributed by atoms with Gasteiger partial charge in [0, 0.05) is 58.6 Å². The lowest BCUT2D eigenvalue weighted by Crippen LogP contribution is -2.39. The molecule has 0 aliphatic carbocycles. The van der Waals surface area contributed by atoms with Crippen LogP contribution in [-0.2, 0) is 22.2 Å². The quantitative estimate of drug-likeness (QED) is 0.267. The van der Waals surface area contributed by atoms with Crippen molar-refractivity contribution in [2.24, 2.45) is 0 Å². The van der Waals surface area contributed by atoms with Gasteiger partial charge in [-0.2, -0.15) is 0 Å². The molecule has 6 nitrogen and oxygen atoms in total. The Balaban J connectivity index is 1.31. The van der Waals surface area contributed by atoms with Crippen molar-refractivity contribution < 1.29 is 9.53 Å². The molecule has 0 atom stereocenters. The van der Waals surface area contributed by atoms with Gasteiger partial charge >= 0.3 is 0 Å². The number of fused-ring (bicyclic) bond motifs is 1. The molecule has 0 N–H and O–H groups in total. The van der Waals surface area contributed by atoms with E-state index in [9.17, 15) is 4.79 Å². The average molecular weight is 545 g/mol. The minimum absolute atomic E-state index is 0.0518. The van der Waals surface area contributed by atoms with Gasteiger partial charge in [0.25, 0.3) is 0 Å². The van der Waals surface area contributed by atoms with Crippen molar-refractivity contribution in [3.8, 4) is 16.3 Å². The zero-order chi connectivity index (χ0) is 27.9. The van der Waals surface area contributed by atoms with Gasteiger partial charge in [0.15, 0.2) is 0 Å². The molecular formula is C32H40N4O2S. The van der Waals surface area contributed by atoms with Crippen molar-refractivity contribution in [2.75, 3.05) is 20.2 Å². The zero-order valence-electron chi connectivity index (χ0n) is 24.2. The molecule has 4 aromatic rings. The molecule has 1 aromatic carbocycles. The number of thiazole rings is 1. The molecule has 5 rings (SSSR count). The van der Waals surface area contributed by atoms with E-state index in [1.165, 1.54) is 16.0 Å². The fourth-order valence-corrected chi connectivity index (χ4v) is 6.57. The molecule has 206 valence electrons. The summed E-state index contributed by atoms with van der Waals surface area (Å²) in [5, 5.41) is 2.11. The molecule has 0 spiro atoms. The molecule has 0 bridgehead atoms. The number of hydrogen-bond donors (Lipinski definition) is 0. The zero-order valence-corrected chi connectivity index (χ0v) is 25.1. The van der Waals surface area contributed by atoms with E-state index in [1.54, 1.807) is 24.6 Å². The second-order valence-corrected chi connectivity index (χ2v) is 13.7. The number of aromatic nitrogens is 3. The van der Waals surface area contributed by atoms with Gasteiger partial charge in [0.05, 0.1) is 7.11 Å². The Morgan fingerprint density at radius 3 is 2.31 bits per heavy atom. The highest BCUT2D eigenvalue weighted by Crippen LogP contribution is 2.44. The third-order valence-corrected chi connectivity index (χ3v) is 8.97. The van der Waals surface area contributed by atoms with Crippen molar-refractivity contribution in [1.29, 1.82) is 0 Å². The predicted molar refractivity (Wildman–Crippen MR) is 160 cm³/mol. The van der Waals surface area contributed by atoms with Crippen LogP contribution in [0.3, 0.4) is 0 Å². The van der Waals surface area contributed by atoms with Gasteiger partial charge in [0.2, 0.25) is 5.91 Å². The van der Waals surface area contributed by atoms with Crippen LogP contribution in [0.1, 0.15) is 76.3 Å². The lowest BCUT2D eigenvalue weighted by molar-refractivity contribution is -0.132. The summed E-state index contributed by atoms with van der Waals surface area (Å²) in [6.45, 7) is 15.3. The molecule has 1 aliphatic rings. The smallest absolute Gasteiger partial charge is 0.242 e. The first-order valence-electron chi connectivity index (χ1n) is 13.8. The Labute approximate surface area is 236 Å². The van der Waals surface area contributed by atoms with Crippen LogP contribution in [0, 0.1) is 0 Å². The van der Waals surface area contributed by atoms with Crippen molar-refractivity contribution in [3.63, 3.8) is 0 Å². The maximum absolute atomic E-state index is 13.1. The summed E-state index contributed by atoms with van der Waals surface area (Å²) in [5.41, 5.74) is 4.33. The minimum atomic E-state index is -0.0518. The third-order valence-electron chi connectivity index (χ3n) is 7.76. The molecule has 1 aliphatic heterocycles. The number of carbonyl (C=O) groups is 1. The van der Waals surface area contributed by atoms with E-state index in [4.69, 9.17) is 9.72 Å². The second-order valence-electron chi connectivity index (χ2n) is 12.7. The monoisotopic (exact) mass is 544 g/mol. The van der Waals surface area contributed by atoms with Crippen LogP contribution in [0.25, 0.3) is 21.6 Å². The van der Waals surface area contributed by atoms with Gasteiger partial charge in [-0.15, -0.1) is 11.3 Å². The Hall–Kier alpha value is -3.19. The number of likely N-dealkylation sites (tertiary alicyclic amines) is 1. The number of amides is 1. The van der Waals surface area contributed by atoms with Gasteiger partial charge < -0.3 is 14.2 Å². The topological polar surface area (TPSA) is 60.2 Å². The summed E-state index contributed by atoms with van der Waals surface area (Å²) in [6, 6.07) is 10.5. The van der Waals surface area contributed by atoms with E-state index in [0.29, 0.717) is 12.5 Å². The molecule has 1 saturated heterocycles. The molecular weight excluding hydrogens is 504 g/mol. The Morgan fingerprint density at radius 2 is 1.69 bits per heavy atom. The number of carbonyl (C=O) groups excluding carboxylic acids is 1. The Morgan fingerprint density at radius 1 is 1.03 bits per heavy atom. The summed E-state index contributed by atoms with van der Waals surface area (Å²) in [7, 11) is 1.77. The van der Waals surface area contributed by atoms with E-state index in [2.05, 4.69) is 64.9 Å². The average Bonchev–Trinajstić information content (AvgIpc) is 3.55. The standard InChI is InChI=1S/C32H40N4O2S/c1-31(2,3)24-17-23(18-25(28(24)38-7)32(4,5)6)30-34-19-26(39-30)21-10-14-35(15-11-21)27(37)20-36-16-12-22-9-8-13-33-29(22)36/h8-9,12-13,16-19,21H,10-11,14-15,20H2,1-7H3. The number of piperidine rings is 1. The molecule has 7 heteroatoms. The van der Waals surface area contributed by atoms with Gasteiger partial charge in [-0.05, 0) is 59.9 Å². The molecule has 4 heterocycles. The van der Waals surface area contributed by atoms with Crippen molar-refractivity contribution >= 4 is 28.3 Å². The molecule has 1 amide bonds. The summed E-state index contributed by atoms with van der Waals surface area (Å²) in [5.74, 6) is 1.57. The number of ether oxygens (including phenoxy) is 1. The first-order chi connectivity index (χ1) is 18.5. The summed E-state index contributed by atoms with van der Waals surface area (Å²) < 4.78 is 7.90. The van der Waals surface area contributed by atoms with Crippen LogP contribution in [0.5, 0.6) is 5.75 Å². The molecule has 3 aromatic heterocycles. The first-order valence-corrected chi connectivity index (χ1v) is 14.6. The summed E-state index contributed by atoms with van der Waals surface area (Å²) in [4.78, 5) is 25.7. The van der Waals surface area contributed by atoms with Gasteiger partial charge in [-0.25, -0.2) is 9.97 Å². The molecule has 1 fully saturated rings. The van der Waals surface area contributed by atoms with Crippen LogP contribution < -0.4 is 4.74 Å². The highest BCUT2D eigenvalue weighted by molar-refractivity contribution is 7.15. The second kappa shape index (κ2) is 10.4. The highest BCUT2D eigenvalue weighted by atomic mass is 32.1. The van der Waals surface area contributed by atoms with E-state index in [0.717, 1.165) is 53.3 Å². The fraction of sp³-hybridized carbons (Fsp3) is 0.469. The van der Waals surface area contributed by atoms with E-state index in [1.807, 2.05) is 33.9 Å². The lowest BCUT2D eigenvalue weighted by Gasteiger charge is -2.31. The van der Waals surface area contributed by atoms with E-state index in [-0.39, 0.29) is 16.7 Å². The van der Waals surface area contributed by atoms with E-state index >= 15 is 0 Å². The number of pyridine rings is 1. The van der Waals surface area contributed by atoms with Gasteiger partial charge in [-0.3, -0.25) is 4.79 Å². The number of benzene rings is 1. The Kier molecular flexibility index (Phi) is 7.31. The predicted octanol–water partition coefficient (Wildman–Crippen LogP) is 7.17. The van der Waals surface area contributed by atoms with Crippen molar-refractivity contribution in [1.82, 2.24) is 19.4 Å². The van der Waals surface area contributed by atoms with Crippen LogP contribution in [0.15, 0.2) is 48.9 Å². The van der Waals surface area contributed by atoms with Crippen LogP contribution in [0.2, 0.25) is 0 Å². The third kappa shape index (κ3) is 5.60. The first kappa shape index (κ1) is 27.4. The highest BCUT2D eigenvalue weighted by Gasteiger charge is 2.29. The number of methoxy groups -OCH3 is 1. The molecule has 0 saturated carbocycles. The number of hydrogen-bond acceptors (Lipinski definition) is 5. The normalized spacial score (nSPS) is 15.2. The van der Waals surface area contributed by atoms with Crippen LogP contribution in [0.4, 0.5) is 0 Å².